The van der Waals surface area contributed by atoms with E-state index in [0.29, 0.717) is 12.1 Å². The number of carbonyl (C=O) groups excluding carboxylic acids is 1. The van der Waals surface area contributed by atoms with Crippen molar-refractivity contribution in [1.29, 1.82) is 0 Å². The van der Waals surface area contributed by atoms with Gasteiger partial charge in [0.2, 0.25) is 10.0 Å². The number of rotatable bonds is 7. The molecule has 0 amide bonds. The van der Waals surface area contributed by atoms with Crippen LogP contribution < -0.4 is 4.72 Å². The van der Waals surface area contributed by atoms with E-state index in [1.807, 2.05) is 0 Å². The van der Waals surface area contributed by atoms with Gasteiger partial charge in [0.1, 0.15) is 0 Å². The van der Waals surface area contributed by atoms with Gasteiger partial charge in [0.15, 0.2) is 5.78 Å². The SMILES string of the molecule is CCCCCNS(=O)(=O)c1cccc(C(C)=O)c1. The highest BCUT2D eigenvalue weighted by Crippen LogP contribution is 2.12. The van der Waals surface area contributed by atoms with Gasteiger partial charge >= 0.3 is 0 Å². The Kier molecular flexibility index (Phi) is 5.50. The van der Waals surface area contributed by atoms with Gasteiger partial charge in [-0.3, -0.25) is 4.79 Å². The van der Waals surface area contributed by atoms with Crippen molar-refractivity contribution in [3.8, 4) is 0 Å². The van der Waals surface area contributed by atoms with E-state index in [1.54, 1.807) is 12.1 Å². The monoisotopic (exact) mass is 269 g/mol. The molecule has 0 aliphatic rings. The van der Waals surface area contributed by atoms with Crippen molar-refractivity contribution in [2.24, 2.45) is 0 Å². The van der Waals surface area contributed by atoms with Gasteiger partial charge in [0.25, 0.3) is 0 Å². The van der Waals surface area contributed by atoms with Crippen LogP contribution >= 0.6 is 0 Å². The smallest absolute Gasteiger partial charge is 0.240 e. The zero-order valence-corrected chi connectivity index (χ0v) is 11.6. The summed E-state index contributed by atoms with van der Waals surface area (Å²) in [6.07, 6.45) is 2.86. The Morgan fingerprint density at radius 2 is 2.00 bits per heavy atom. The average Bonchev–Trinajstić information content (AvgIpc) is 2.35. The molecule has 100 valence electrons. The molecule has 0 aromatic heterocycles. The van der Waals surface area contributed by atoms with Crippen LogP contribution in [0.5, 0.6) is 0 Å². The molecule has 0 spiro atoms. The van der Waals surface area contributed by atoms with Crippen LogP contribution in [0.1, 0.15) is 43.5 Å². The molecule has 0 radical (unpaired) electrons. The lowest BCUT2D eigenvalue weighted by atomic mass is 10.2. The van der Waals surface area contributed by atoms with Gasteiger partial charge in [0, 0.05) is 12.1 Å². The number of unbranched alkanes of at least 4 members (excludes halogenated alkanes) is 2. The van der Waals surface area contributed by atoms with Crippen LogP contribution in [0.4, 0.5) is 0 Å². The van der Waals surface area contributed by atoms with Gasteiger partial charge in [-0.25, -0.2) is 13.1 Å². The standard InChI is InChI=1S/C13H19NO3S/c1-3-4-5-9-14-18(16,17)13-8-6-7-12(10-13)11(2)15/h6-8,10,14H,3-5,9H2,1-2H3. The van der Waals surface area contributed by atoms with Gasteiger partial charge in [0.05, 0.1) is 4.90 Å². The first kappa shape index (κ1) is 14.9. The molecule has 0 aliphatic carbocycles. The van der Waals surface area contributed by atoms with Crippen molar-refractivity contribution in [3.05, 3.63) is 29.8 Å². The van der Waals surface area contributed by atoms with Crippen LogP contribution in [0, 0.1) is 0 Å². The zero-order chi connectivity index (χ0) is 13.6. The largest absolute Gasteiger partial charge is 0.295 e. The topological polar surface area (TPSA) is 63.2 Å². The molecule has 0 saturated carbocycles. The van der Waals surface area contributed by atoms with Gasteiger partial charge in [-0.1, -0.05) is 31.9 Å². The first-order valence-corrected chi connectivity index (χ1v) is 7.56. The lowest BCUT2D eigenvalue weighted by Crippen LogP contribution is -2.24. The third-order valence-electron chi connectivity index (χ3n) is 2.62. The van der Waals surface area contributed by atoms with E-state index in [4.69, 9.17) is 0 Å². The second kappa shape index (κ2) is 6.66. The van der Waals surface area contributed by atoms with Crippen molar-refractivity contribution in [3.63, 3.8) is 0 Å². The summed E-state index contributed by atoms with van der Waals surface area (Å²) in [5.74, 6) is -0.141. The van der Waals surface area contributed by atoms with Gasteiger partial charge in [-0.15, -0.1) is 0 Å². The minimum absolute atomic E-state index is 0.141. The zero-order valence-electron chi connectivity index (χ0n) is 10.8. The highest BCUT2D eigenvalue weighted by atomic mass is 32.2. The Balaban J connectivity index is 2.78. The number of sulfonamides is 1. The van der Waals surface area contributed by atoms with Crippen LogP contribution in [0.3, 0.4) is 0 Å². The summed E-state index contributed by atoms with van der Waals surface area (Å²) in [6.45, 7) is 3.91. The normalized spacial score (nSPS) is 11.4. The predicted molar refractivity (Wildman–Crippen MR) is 71.2 cm³/mol. The second-order valence-electron chi connectivity index (χ2n) is 4.19. The Labute approximate surface area is 108 Å². The number of carbonyl (C=O) groups is 1. The minimum atomic E-state index is -3.50. The summed E-state index contributed by atoms with van der Waals surface area (Å²) in [5, 5.41) is 0. The Morgan fingerprint density at radius 1 is 1.28 bits per heavy atom. The summed E-state index contributed by atoms with van der Waals surface area (Å²) in [5.41, 5.74) is 0.409. The molecule has 1 N–H and O–H groups in total. The van der Waals surface area contributed by atoms with E-state index in [2.05, 4.69) is 11.6 Å². The van der Waals surface area contributed by atoms with Crippen molar-refractivity contribution in [2.75, 3.05) is 6.54 Å². The maximum atomic E-state index is 11.9. The molecular weight excluding hydrogens is 250 g/mol. The Bertz CT molecular complexity index is 509. The first-order chi connectivity index (χ1) is 8.47. The number of ketones is 1. The van der Waals surface area contributed by atoms with E-state index in [1.165, 1.54) is 19.1 Å². The number of Topliss-reactive ketones (excluding diaryl/α,β-unsaturated/α-hetero) is 1. The maximum absolute atomic E-state index is 11.9. The summed E-state index contributed by atoms with van der Waals surface area (Å²) < 4.78 is 26.4. The van der Waals surface area contributed by atoms with Crippen molar-refractivity contribution >= 4 is 15.8 Å². The van der Waals surface area contributed by atoms with Gasteiger partial charge in [-0.2, -0.15) is 0 Å². The molecule has 0 bridgehead atoms. The molecule has 1 aromatic carbocycles. The van der Waals surface area contributed by atoms with Gasteiger partial charge in [-0.05, 0) is 25.5 Å². The van der Waals surface area contributed by atoms with E-state index in [9.17, 15) is 13.2 Å². The molecule has 1 rings (SSSR count). The predicted octanol–water partition coefficient (Wildman–Crippen LogP) is 2.36. The molecule has 18 heavy (non-hydrogen) atoms. The fourth-order valence-electron chi connectivity index (χ4n) is 1.55. The maximum Gasteiger partial charge on any atom is 0.240 e. The molecule has 4 nitrogen and oxygen atoms in total. The molecular formula is C13H19NO3S. The third kappa shape index (κ3) is 4.23. The fourth-order valence-corrected chi connectivity index (χ4v) is 2.67. The summed E-state index contributed by atoms with van der Waals surface area (Å²) in [6, 6.07) is 6.09. The van der Waals surface area contributed by atoms with Crippen molar-refractivity contribution in [2.45, 2.75) is 38.0 Å². The molecule has 0 saturated heterocycles. The van der Waals surface area contributed by atoms with E-state index in [0.717, 1.165) is 19.3 Å². The molecule has 0 aliphatic heterocycles. The molecule has 0 fully saturated rings. The number of benzene rings is 1. The molecule has 1 aromatic rings. The molecule has 5 heteroatoms. The third-order valence-corrected chi connectivity index (χ3v) is 4.08. The van der Waals surface area contributed by atoms with Crippen LogP contribution in [-0.4, -0.2) is 20.7 Å². The van der Waals surface area contributed by atoms with E-state index in [-0.39, 0.29) is 10.7 Å². The molecule has 0 atom stereocenters. The number of hydrogen-bond donors (Lipinski definition) is 1. The summed E-state index contributed by atoms with van der Waals surface area (Å²) >= 11 is 0. The number of nitrogens with one attached hydrogen (secondary N) is 1. The number of hydrogen-bond acceptors (Lipinski definition) is 3. The quantitative estimate of drug-likeness (QED) is 0.610. The Hall–Kier alpha value is -1.20. The van der Waals surface area contributed by atoms with E-state index >= 15 is 0 Å². The second-order valence-corrected chi connectivity index (χ2v) is 5.96. The summed E-state index contributed by atoms with van der Waals surface area (Å²) in [7, 11) is -3.50. The van der Waals surface area contributed by atoms with Crippen LogP contribution in [-0.2, 0) is 10.0 Å². The summed E-state index contributed by atoms with van der Waals surface area (Å²) in [4.78, 5) is 11.4. The molecule has 0 unspecified atom stereocenters. The first-order valence-electron chi connectivity index (χ1n) is 6.08. The Morgan fingerprint density at radius 3 is 2.61 bits per heavy atom. The average molecular weight is 269 g/mol. The highest BCUT2D eigenvalue weighted by Gasteiger charge is 2.14. The van der Waals surface area contributed by atoms with Crippen molar-refractivity contribution < 1.29 is 13.2 Å². The highest BCUT2D eigenvalue weighted by molar-refractivity contribution is 7.89. The molecule has 0 heterocycles. The van der Waals surface area contributed by atoms with Crippen molar-refractivity contribution in [1.82, 2.24) is 4.72 Å². The van der Waals surface area contributed by atoms with E-state index < -0.39 is 10.0 Å². The van der Waals surface area contributed by atoms with Crippen LogP contribution in [0.2, 0.25) is 0 Å². The van der Waals surface area contributed by atoms with Gasteiger partial charge < -0.3 is 0 Å². The minimum Gasteiger partial charge on any atom is -0.295 e. The lowest BCUT2D eigenvalue weighted by molar-refractivity contribution is 0.101. The lowest BCUT2D eigenvalue weighted by Gasteiger charge is -2.07. The van der Waals surface area contributed by atoms with Crippen LogP contribution in [0.15, 0.2) is 29.2 Å². The fraction of sp³-hybridized carbons (Fsp3) is 0.462. The van der Waals surface area contributed by atoms with Crippen LogP contribution in [0.25, 0.3) is 0 Å².